The number of nitro benzene ring substituents is 1. The van der Waals surface area contributed by atoms with Crippen molar-refractivity contribution in [1.29, 1.82) is 0 Å². The first-order valence-corrected chi connectivity index (χ1v) is 8.69. The smallest absolute Gasteiger partial charge is 0.270 e. The van der Waals surface area contributed by atoms with Gasteiger partial charge in [0.15, 0.2) is 0 Å². The predicted octanol–water partition coefficient (Wildman–Crippen LogP) is 2.01. The topological polar surface area (TPSA) is 93.4 Å². The van der Waals surface area contributed by atoms with E-state index in [2.05, 4.69) is 4.98 Å². The Morgan fingerprint density at radius 1 is 1.32 bits per heavy atom. The van der Waals surface area contributed by atoms with Gasteiger partial charge in [-0.25, -0.2) is 13.4 Å². The Morgan fingerprint density at radius 2 is 2.00 bits per heavy atom. The van der Waals surface area contributed by atoms with Crippen molar-refractivity contribution in [3.8, 4) is 0 Å². The third-order valence-corrected chi connectivity index (χ3v) is 4.52. The summed E-state index contributed by atoms with van der Waals surface area (Å²) in [6.45, 7) is 1.81. The highest BCUT2D eigenvalue weighted by Gasteiger charge is 2.17. The average molecular weight is 323 g/mol. The maximum Gasteiger partial charge on any atom is 0.270 e. The Balaban J connectivity index is 2.33. The molecule has 1 aromatic heterocycles. The van der Waals surface area contributed by atoms with Gasteiger partial charge in [-0.3, -0.25) is 10.1 Å². The highest BCUT2D eigenvalue weighted by molar-refractivity contribution is 7.90. The van der Waals surface area contributed by atoms with Gasteiger partial charge in [-0.15, -0.1) is 0 Å². The minimum absolute atomic E-state index is 0.0147. The molecular formula is C14H17N3O4S. The van der Waals surface area contributed by atoms with Crippen molar-refractivity contribution in [2.75, 3.05) is 24.0 Å². The Labute approximate surface area is 128 Å². The predicted molar refractivity (Wildman–Crippen MR) is 86.0 cm³/mol. The summed E-state index contributed by atoms with van der Waals surface area (Å²) in [6, 6.07) is 7.70. The maximum atomic E-state index is 11.4. The fourth-order valence-electron chi connectivity index (χ4n) is 2.19. The van der Waals surface area contributed by atoms with Crippen molar-refractivity contribution in [3.63, 3.8) is 0 Å². The summed E-state index contributed by atoms with van der Waals surface area (Å²) in [4.78, 5) is 16.5. The van der Waals surface area contributed by atoms with Crippen LogP contribution in [0.1, 0.15) is 6.92 Å². The van der Waals surface area contributed by atoms with Crippen LogP contribution >= 0.6 is 0 Å². The molecule has 0 unspecified atom stereocenters. The van der Waals surface area contributed by atoms with E-state index in [9.17, 15) is 18.5 Å². The van der Waals surface area contributed by atoms with Crippen LogP contribution in [0.3, 0.4) is 0 Å². The van der Waals surface area contributed by atoms with Crippen molar-refractivity contribution in [2.45, 2.75) is 13.0 Å². The molecule has 0 N–H and O–H groups in total. The van der Waals surface area contributed by atoms with Gasteiger partial charge in [0.25, 0.3) is 5.69 Å². The Hall–Kier alpha value is -2.22. The molecule has 1 heterocycles. The van der Waals surface area contributed by atoms with Gasteiger partial charge in [-0.2, -0.15) is 0 Å². The number of sulfone groups is 1. The molecule has 0 aliphatic rings. The van der Waals surface area contributed by atoms with E-state index in [0.717, 1.165) is 0 Å². The Kier molecular flexibility index (Phi) is 4.32. The van der Waals surface area contributed by atoms with Crippen molar-refractivity contribution in [1.82, 2.24) is 4.98 Å². The first kappa shape index (κ1) is 16.2. The quantitative estimate of drug-likeness (QED) is 0.617. The number of aromatic nitrogens is 1. The number of benzene rings is 1. The number of rotatable bonds is 5. The summed E-state index contributed by atoms with van der Waals surface area (Å²) in [5.41, 5.74) is 0.641. The fraction of sp³-hybridized carbons (Fsp3) is 0.357. The molecule has 0 spiro atoms. The number of hydrogen-bond donors (Lipinski definition) is 0. The molecule has 0 saturated carbocycles. The van der Waals surface area contributed by atoms with Crippen LogP contribution in [0.15, 0.2) is 30.3 Å². The van der Waals surface area contributed by atoms with Gasteiger partial charge in [-0.05, 0) is 25.1 Å². The van der Waals surface area contributed by atoms with Crippen LogP contribution in [0.2, 0.25) is 0 Å². The van der Waals surface area contributed by atoms with E-state index in [4.69, 9.17) is 0 Å². The second-order valence-corrected chi connectivity index (χ2v) is 7.54. The number of nitro groups is 1. The molecule has 8 heteroatoms. The van der Waals surface area contributed by atoms with Gasteiger partial charge in [0, 0.05) is 36.9 Å². The van der Waals surface area contributed by atoms with E-state index in [0.29, 0.717) is 16.7 Å². The lowest BCUT2D eigenvalue weighted by atomic mass is 10.2. The summed E-state index contributed by atoms with van der Waals surface area (Å²) in [6.07, 6.45) is 1.20. The average Bonchev–Trinajstić information content (AvgIpc) is 2.43. The zero-order chi connectivity index (χ0) is 16.5. The number of nitrogens with zero attached hydrogens (tertiary/aromatic N) is 3. The zero-order valence-electron chi connectivity index (χ0n) is 12.6. The van der Waals surface area contributed by atoms with E-state index in [1.165, 1.54) is 18.4 Å². The van der Waals surface area contributed by atoms with E-state index < -0.39 is 14.8 Å². The van der Waals surface area contributed by atoms with Crippen molar-refractivity contribution in [2.24, 2.45) is 0 Å². The summed E-state index contributed by atoms with van der Waals surface area (Å²) in [5, 5.41) is 11.4. The summed E-state index contributed by atoms with van der Waals surface area (Å²) >= 11 is 0. The van der Waals surface area contributed by atoms with Crippen molar-refractivity contribution < 1.29 is 13.3 Å². The lowest BCUT2D eigenvalue weighted by molar-refractivity contribution is -0.384. The number of hydrogen-bond acceptors (Lipinski definition) is 6. The number of non-ortho nitro benzene ring substituents is 1. The minimum Gasteiger partial charge on any atom is -0.356 e. The normalized spacial score (nSPS) is 13.0. The standard InChI is InChI=1S/C14H17N3O4S/c1-10(9-22(3,20)21)16(2)14-7-4-11-8-12(17(18)19)5-6-13(11)15-14/h4-8,10H,9H2,1-3H3/t10-/m0/s1. The maximum absolute atomic E-state index is 11.4. The minimum atomic E-state index is -3.08. The largest absolute Gasteiger partial charge is 0.356 e. The highest BCUT2D eigenvalue weighted by Crippen LogP contribution is 2.23. The highest BCUT2D eigenvalue weighted by atomic mass is 32.2. The monoisotopic (exact) mass is 323 g/mol. The lowest BCUT2D eigenvalue weighted by Crippen LogP contribution is -2.35. The van der Waals surface area contributed by atoms with E-state index in [-0.39, 0.29) is 17.5 Å². The number of anilines is 1. The molecule has 0 amide bonds. The third kappa shape index (κ3) is 3.70. The lowest BCUT2D eigenvalue weighted by Gasteiger charge is -2.25. The SMILES string of the molecule is C[C@@H](CS(C)(=O)=O)N(C)c1ccc2cc([N+](=O)[O-])ccc2n1. The van der Waals surface area contributed by atoms with Crippen molar-refractivity contribution in [3.05, 3.63) is 40.4 Å². The first-order valence-electron chi connectivity index (χ1n) is 6.63. The van der Waals surface area contributed by atoms with Crippen LogP contribution in [0.5, 0.6) is 0 Å². The van der Waals surface area contributed by atoms with Gasteiger partial charge < -0.3 is 4.90 Å². The summed E-state index contributed by atoms with van der Waals surface area (Å²) < 4.78 is 22.8. The Bertz CT molecular complexity index is 820. The van der Waals surface area contributed by atoms with Crippen LogP contribution in [-0.4, -0.2) is 43.4 Å². The third-order valence-electron chi connectivity index (χ3n) is 3.44. The Morgan fingerprint density at radius 3 is 2.59 bits per heavy atom. The second kappa shape index (κ2) is 5.88. The zero-order valence-corrected chi connectivity index (χ0v) is 13.4. The summed E-state index contributed by atoms with van der Waals surface area (Å²) in [7, 11) is -1.31. The van der Waals surface area contributed by atoms with Gasteiger partial charge >= 0.3 is 0 Å². The van der Waals surface area contributed by atoms with E-state index in [1.807, 2.05) is 6.92 Å². The molecule has 0 bridgehead atoms. The number of pyridine rings is 1. The molecule has 7 nitrogen and oxygen atoms in total. The van der Waals surface area contributed by atoms with Gasteiger partial charge in [0.05, 0.1) is 16.2 Å². The molecule has 0 radical (unpaired) electrons. The second-order valence-electron chi connectivity index (χ2n) is 5.36. The van der Waals surface area contributed by atoms with Crippen LogP contribution in [0, 0.1) is 10.1 Å². The molecular weight excluding hydrogens is 306 g/mol. The molecule has 0 aliphatic carbocycles. The fourth-order valence-corrected chi connectivity index (χ4v) is 3.29. The summed E-state index contributed by atoms with van der Waals surface area (Å²) in [5.74, 6) is 0.654. The molecule has 0 fully saturated rings. The van der Waals surface area contributed by atoms with Crippen molar-refractivity contribution >= 4 is 32.2 Å². The molecule has 0 aliphatic heterocycles. The van der Waals surface area contributed by atoms with Gasteiger partial charge in [0.1, 0.15) is 15.7 Å². The molecule has 1 atom stereocenters. The molecule has 2 rings (SSSR count). The molecule has 2 aromatic rings. The van der Waals surface area contributed by atoms with Crippen LogP contribution in [0.25, 0.3) is 10.9 Å². The van der Waals surface area contributed by atoms with Crippen LogP contribution in [0.4, 0.5) is 11.5 Å². The molecule has 0 saturated heterocycles. The van der Waals surface area contributed by atoms with Crippen LogP contribution in [-0.2, 0) is 9.84 Å². The van der Waals surface area contributed by atoms with Crippen LogP contribution < -0.4 is 4.90 Å². The van der Waals surface area contributed by atoms with E-state index >= 15 is 0 Å². The molecule has 118 valence electrons. The van der Waals surface area contributed by atoms with Gasteiger partial charge in [0.2, 0.25) is 0 Å². The molecule has 1 aromatic carbocycles. The van der Waals surface area contributed by atoms with Gasteiger partial charge in [-0.1, -0.05) is 0 Å². The molecule has 22 heavy (non-hydrogen) atoms. The number of fused-ring (bicyclic) bond motifs is 1. The van der Waals surface area contributed by atoms with E-state index in [1.54, 1.807) is 30.1 Å². The first-order chi connectivity index (χ1) is 10.2.